The number of anilines is 1. The summed E-state index contributed by atoms with van der Waals surface area (Å²) in [7, 11) is 0. The fourth-order valence-electron chi connectivity index (χ4n) is 1.65. The lowest BCUT2D eigenvalue weighted by atomic mass is 9.83. The molecule has 0 fully saturated rings. The number of aromatic nitrogens is 2. The van der Waals surface area contributed by atoms with Crippen LogP contribution in [0.25, 0.3) is 0 Å². The van der Waals surface area contributed by atoms with E-state index in [1.165, 1.54) is 0 Å². The van der Waals surface area contributed by atoms with Gasteiger partial charge in [-0.3, -0.25) is 0 Å². The van der Waals surface area contributed by atoms with Gasteiger partial charge in [-0.2, -0.15) is 0 Å². The maximum Gasteiger partial charge on any atom is 0.224 e. The Balaban J connectivity index is 2.75. The Bertz CT molecular complexity index is 359. The summed E-state index contributed by atoms with van der Waals surface area (Å²) < 4.78 is 0. The largest absolute Gasteiger partial charge is 0.396 e. The van der Waals surface area contributed by atoms with E-state index in [1.807, 2.05) is 6.92 Å². The molecule has 0 aliphatic rings. The number of aryl methyl sites for hydroxylation is 1. The molecule has 0 radical (unpaired) electrons. The number of aliphatic hydroxyl groups excluding tert-OH is 1. The molecule has 1 aromatic rings. The molecular weight excluding hydrogens is 238 g/mol. The summed E-state index contributed by atoms with van der Waals surface area (Å²) in [5.41, 5.74) is 0.859. The van der Waals surface area contributed by atoms with Gasteiger partial charge in [0.25, 0.3) is 0 Å². The van der Waals surface area contributed by atoms with Crippen LogP contribution in [0.4, 0.5) is 5.82 Å². The maximum absolute atomic E-state index is 9.48. The first-order valence-corrected chi connectivity index (χ1v) is 6.28. The predicted molar refractivity (Wildman–Crippen MR) is 70.4 cm³/mol. The summed E-state index contributed by atoms with van der Waals surface area (Å²) in [6.45, 7) is 6.95. The number of halogens is 1. The van der Waals surface area contributed by atoms with E-state index in [1.54, 1.807) is 6.20 Å². The van der Waals surface area contributed by atoms with Crippen molar-refractivity contribution in [2.75, 3.05) is 18.5 Å². The van der Waals surface area contributed by atoms with Crippen LogP contribution < -0.4 is 5.32 Å². The molecule has 1 rings (SSSR count). The number of hydrogen-bond donors (Lipinski definition) is 2. The Morgan fingerprint density at radius 2 is 2.06 bits per heavy atom. The SMILES string of the molecule is CCC(CC)(CO)CNc1nc(Cl)ncc1C. The molecular formula is C12H20ClN3O. The average molecular weight is 258 g/mol. The van der Waals surface area contributed by atoms with Crippen molar-refractivity contribution in [2.45, 2.75) is 33.6 Å². The first kappa shape index (κ1) is 14.2. The van der Waals surface area contributed by atoms with Gasteiger partial charge in [0.15, 0.2) is 0 Å². The Hall–Kier alpha value is -0.870. The summed E-state index contributed by atoms with van der Waals surface area (Å²) in [6.07, 6.45) is 3.53. The summed E-state index contributed by atoms with van der Waals surface area (Å²) in [6, 6.07) is 0. The summed E-state index contributed by atoms with van der Waals surface area (Å²) >= 11 is 5.76. The quantitative estimate of drug-likeness (QED) is 0.770. The van der Waals surface area contributed by atoms with Crippen LogP contribution in [0.15, 0.2) is 6.20 Å². The smallest absolute Gasteiger partial charge is 0.224 e. The molecule has 1 heterocycles. The minimum Gasteiger partial charge on any atom is -0.396 e. The predicted octanol–water partition coefficient (Wildman–Crippen LogP) is 2.65. The molecule has 0 saturated heterocycles. The van der Waals surface area contributed by atoms with E-state index >= 15 is 0 Å². The summed E-state index contributed by atoms with van der Waals surface area (Å²) in [5.74, 6) is 0.740. The lowest BCUT2D eigenvalue weighted by Crippen LogP contribution is -2.32. The van der Waals surface area contributed by atoms with E-state index in [9.17, 15) is 5.11 Å². The molecule has 96 valence electrons. The van der Waals surface area contributed by atoms with Gasteiger partial charge in [-0.25, -0.2) is 9.97 Å². The average Bonchev–Trinajstić information content (AvgIpc) is 2.35. The Morgan fingerprint density at radius 1 is 1.41 bits per heavy atom. The molecule has 4 nitrogen and oxygen atoms in total. The van der Waals surface area contributed by atoms with Gasteiger partial charge in [-0.1, -0.05) is 13.8 Å². The van der Waals surface area contributed by atoms with Crippen molar-refractivity contribution in [3.63, 3.8) is 0 Å². The van der Waals surface area contributed by atoms with Gasteiger partial charge in [0.05, 0.1) is 6.61 Å². The molecule has 17 heavy (non-hydrogen) atoms. The molecule has 0 aliphatic heterocycles. The molecule has 2 N–H and O–H groups in total. The molecule has 0 saturated carbocycles. The zero-order chi connectivity index (χ0) is 12.9. The van der Waals surface area contributed by atoms with Gasteiger partial charge in [0.2, 0.25) is 5.28 Å². The fraction of sp³-hybridized carbons (Fsp3) is 0.667. The first-order valence-electron chi connectivity index (χ1n) is 5.90. The van der Waals surface area contributed by atoms with Gasteiger partial charge in [0, 0.05) is 23.7 Å². The Labute approximate surface area is 107 Å². The van der Waals surface area contributed by atoms with E-state index in [-0.39, 0.29) is 17.3 Å². The van der Waals surface area contributed by atoms with Crippen LogP contribution in [0.1, 0.15) is 32.3 Å². The molecule has 0 atom stereocenters. The second-order valence-corrected chi connectivity index (χ2v) is 4.73. The number of nitrogens with one attached hydrogen (secondary N) is 1. The van der Waals surface area contributed by atoms with Crippen molar-refractivity contribution in [3.05, 3.63) is 17.0 Å². The van der Waals surface area contributed by atoms with Gasteiger partial charge >= 0.3 is 0 Å². The number of hydrogen-bond acceptors (Lipinski definition) is 4. The van der Waals surface area contributed by atoms with E-state index < -0.39 is 0 Å². The van der Waals surface area contributed by atoms with Gasteiger partial charge < -0.3 is 10.4 Å². The van der Waals surface area contributed by atoms with Crippen LogP contribution in [-0.2, 0) is 0 Å². The van der Waals surface area contributed by atoms with Crippen LogP contribution in [0, 0.1) is 12.3 Å². The fourth-order valence-corrected chi connectivity index (χ4v) is 1.78. The Kier molecular flexibility index (Phi) is 5.15. The molecule has 0 bridgehead atoms. The van der Waals surface area contributed by atoms with Crippen molar-refractivity contribution in [3.8, 4) is 0 Å². The zero-order valence-corrected chi connectivity index (χ0v) is 11.4. The number of nitrogens with zero attached hydrogens (tertiary/aromatic N) is 2. The molecule has 5 heteroatoms. The van der Waals surface area contributed by atoms with Crippen LogP contribution >= 0.6 is 11.6 Å². The minimum absolute atomic E-state index is 0.0934. The third-order valence-electron chi connectivity index (χ3n) is 3.41. The van der Waals surface area contributed by atoms with Crippen molar-refractivity contribution in [2.24, 2.45) is 5.41 Å². The van der Waals surface area contributed by atoms with Crippen LogP contribution in [0.2, 0.25) is 5.28 Å². The van der Waals surface area contributed by atoms with Crippen molar-refractivity contribution >= 4 is 17.4 Å². The summed E-state index contributed by atoms with van der Waals surface area (Å²) in [4.78, 5) is 8.05. The number of aliphatic hydroxyl groups is 1. The van der Waals surface area contributed by atoms with Gasteiger partial charge in [-0.15, -0.1) is 0 Å². The third kappa shape index (κ3) is 3.54. The van der Waals surface area contributed by atoms with Crippen molar-refractivity contribution < 1.29 is 5.11 Å². The van der Waals surface area contributed by atoms with Gasteiger partial charge in [0.1, 0.15) is 5.82 Å². The normalized spacial score (nSPS) is 11.6. The molecule has 0 unspecified atom stereocenters. The summed E-state index contributed by atoms with van der Waals surface area (Å²) in [5, 5.41) is 13.0. The van der Waals surface area contributed by atoms with E-state index in [0.717, 1.165) is 24.2 Å². The first-order chi connectivity index (χ1) is 8.06. The molecule has 0 aliphatic carbocycles. The highest BCUT2D eigenvalue weighted by Crippen LogP contribution is 2.26. The van der Waals surface area contributed by atoms with E-state index in [4.69, 9.17) is 11.6 Å². The Morgan fingerprint density at radius 3 is 2.59 bits per heavy atom. The van der Waals surface area contributed by atoms with Crippen LogP contribution in [0.5, 0.6) is 0 Å². The highest BCUT2D eigenvalue weighted by Gasteiger charge is 2.25. The van der Waals surface area contributed by atoms with E-state index in [2.05, 4.69) is 29.1 Å². The second kappa shape index (κ2) is 6.17. The van der Waals surface area contributed by atoms with Crippen molar-refractivity contribution in [1.29, 1.82) is 0 Å². The van der Waals surface area contributed by atoms with Crippen molar-refractivity contribution in [1.82, 2.24) is 9.97 Å². The van der Waals surface area contributed by atoms with E-state index in [0.29, 0.717) is 6.54 Å². The molecule has 0 aromatic carbocycles. The maximum atomic E-state index is 9.48. The lowest BCUT2D eigenvalue weighted by molar-refractivity contribution is 0.127. The monoisotopic (exact) mass is 257 g/mol. The van der Waals surface area contributed by atoms with Crippen LogP contribution in [0.3, 0.4) is 0 Å². The third-order valence-corrected chi connectivity index (χ3v) is 3.59. The minimum atomic E-state index is -0.0934. The number of rotatable bonds is 6. The molecule has 1 aromatic heterocycles. The van der Waals surface area contributed by atoms with Crippen LogP contribution in [-0.4, -0.2) is 28.2 Å². The highest BCUT2D eigenvalue weighted by atomic mass is 35.5. The lowest BCUT2D eigenvalue weighted by Gasteiger charge is -2.30. The zero-order valence-electron chi connectivity index (χ0n) is 10.6. The standard InChI is InChI=1S/C12H20ClN3O/c1-4-12(5-2,8-17)7-15-10-9(3)6-14-11(13)16-10/h6,17H,4-5,7-8H2,1-3H3,(H,14,15,16). The topological polar surface area (TPSA) is 58.0 Å². The van der Waals surface area contributed by atoms with Gasteiger partial charge in [-0.05, 0) is 31.4 Å². The second-order valence-electron chi connectivity index (χ2n) is 4.39. The molecule has 0 spiro atoms. The molecule has 0 amide bonds. The highest BCUT2D eigenvalue weighted by molar-refractivity contribution is 6.28.